The van der Waals surface area contributed by atoms with Crippen LogP contribution in [0.25, 0.3) is 10.9 Å². The summed E-state index contributed by atoms with van der Waals surface area (Å²) < 4.78 is 1.57. The van der Waals surface area contributed by atoms with Gasteiger partial charge in [-0.2, -0.15) is 0 Å². The number of hydrogen-bond acceptors (Lipinski definition) is 2. The number of rotatable bonds is 5. The number of amides is 1. The smallest absolute Gasteiger partial charge is 0.270 e. The largest absolute Gasteiger partial charge is 0.350 e. The van der Waals surface area contributed by atoms with Gasteiger partial charge in [0.05, 0.1) is 5.52 Å². The van der Waals surface area contributed by atoms with Crippen LogP contribution in [0.5, 0.6) is 0 Å². The van der Waals surface area contributed by atoms with Gasteiger partial charge in [0.1, 0.15) is 5.69 Å². The molecule has 23 heavy (non-hydrogen) atoms. The van der Waals surface area contributed by atoms with E-state index in [0.29, 0.717) is 11.6 Å². The summed E-state index contributed by atoms with van der Waals surface area (Å²) in [5.74, 6) is 6.83. The molecule has 4 heteroatoms. The number of benzene rings is 1. The van der Waals surface area contributed by atoms with Crippen LogP contribution in [0.15, 0.2) is 24.3 Å². The number of nitrogen functional groups attached to an aromatic ring is 1. The number of nitrogens with zero attached hydrogens (tertiary/aromatic N) is 1. The lowest BCUT2D eigenvalue weighted by molar-refractivity contribution is 0.0935. The predicted octanol–water partition coefficient (Wildman–Crippen LogP) is 3.62. The minimum Gasteiger partial charge on any atom is -0.350 e. The van der Waals surface area contributed by atoms with Gasteiger partial charge in [0.2, 0.25) is 0 Å². The number of fused-ring (bicyclic) bond motifs is 1. The minimum atomic E-state index is -0.0299. The fraction of sp³-hybridized carbons (Fsp3) is 0.526. The molecule has 0 radical (unpaired) electrons. The highest BCUT2D eigenvalue weighted by atomic mass is 16.2. The average molecular weight is 313 g/mol. The number of aryl methyl sites for hydroxylation is 1. The summed E-state index contributed by atoms with van der Waals surface area (Å²) in [6, 6.07) is 8.00. The summed E-state index contributed by atoms with van der Waals surface area (Å²) in [7, 11) is 0. The molecule has 1 fully saturated rings. The topological polar surface area (TPSA) is 60.0 Å². The highest BCUT2D eigenvalue weighted by Gasteiger charge is 2.22. The third-order valence-electron chi connectivity index (χ3n) is 5.01. The van der Waals surface area contributed by atoms with Crippen molar-refractivity contribution in [3.63, 3.8) is 0 Å². The van der Waals surface area contributed by atoms with E-state index in [-0.39, 0.29) is 5.91 Å². The number of para-hydroxylation sites is 1. The van der Waals surface area contributed by atoms with E-state index in [1.165, 1.54) is 32.1 Å². The van der Waals surface area contributed by atoms with Crippen molar-refractivity contribution in [1.29, 1.82) is 0 Å². The number of carbonyl (C=O) groups is 1. The zero-order chi connectivity index (χ0) is 16.2. The Morgan fingerprint density at radius 1 is 1.26 bits per heavy atom. The Hall–Kier alpha value is -1.97. The second-order valence-electron chi connectivity index (χ2n) is 6.68. The zero-order valence-electron chi connectivity index (χ0n) is 14.0. The normalized spacial score (nSPS) is 15.9. The van der Waals surface area contributed by atoms with Crippen LogP contribution in [0.2, 0.25) is 0 Å². The molecule has 0 aliphatic heterocycles. The highest BCUT2D eigenvalue weighted by molar-refractivity contribution is 6.01. The van der Waals surface area contributed by atoms with Crippen LogP contribution in [-0.4, -0.2) is 17.1 Å². The fourth-order valence-corrected chi connectivity index (χ4v) is 3.79. The van der Waals surface area contributed by atoms with Crippen molar-refractivity contribution in [2.75, 3.05) is 12.4 Å². The van der Waals surface area contributed by atoms with E-state index in [0.717, 1.165) is 35.9 Å². The predicted molar refractivity (Wildman–Crippen MR) is 95.0 cm³/mol. The van der Waals surface area contributed by atoms with Gasteiger partial charge in [0.25, 0.3) is 5.91 Å². The zero-order valence-corrected chi connectivity index (χ0v) is 14.0. The van der Waals surface area contributed by atoms with Gasteiger partial charge in [-0.15, -0.1) is 0 Å². The molecule has 1 saturated carbocycles. The first kappa shape index (κ1) is 15.9. The summed E-state index contributed by atoms with van der Waals surface area (Å²) in [6.45, 7) is 2.90. The molecule has 0 bridgehead atoms. The Bertz CT molecular complexity index is 683. The molecule has 0 spiro atoms. The monoisotopic (exact) mass is 313 g/mol. The first-order chi connectivity index (χ1) is 11.2. The summed E-state index contributed by atoms with van der Waals surface area (Å²) in [5.41, 5.74) is 2.63. The molecule has 124 valence electrons. The molecule has 1 aromatic heterocycles. The molecule has 0 saturated heterocycles. The van der Waals surface area contributed by atoms with Crippen LogP contribution in [-0.2, 0) is 6.42 Å². The van der Waals surface area contributed by atoms with Crippen molar-refractivity contribution in [2.24, 2.45) is 5.92 Å². The molecule has 4 nitrogen and oxygen atoms in total. The molecule has 1 heterocycles. The highest BCUT2D eigenvalue weighted by Crippen LogP contribution is 2.26. The summed E-state index contributed by atoms with van der Waals surface area (Å²) in [6.07, 6.45) is 8.24. The molecule has 1 aliphatic rings. The van der Waals surface area contributed by atoms with E-state index >= 15 is 0 Å². The lowest BCUT2D eigenvalue weighted by Gasteiger charge is -2.21. The van der Waals surface area contributed by atoms with Crippen molar-refractivity contribution in [1.82, 2.24) is 9.99 Å². The van der Waals surface area contributed by atoms with Gasteiger partial charge < -0.3 is 11.2 Å². The summed E-state index contributed by atoms with van der Waals surface area (Å²) >= 11 is 0. The van der Waals surface area contributed by atoms with Crippen LogP contribution < -0.4 is 11.2 Å². The standard InChI is InChI=1S/C19H27N3O/c1-2-8-16-15-11-6-7-12-17(15)22(20)18(16)19(23)21-13-14-9-4-3-5-10-14/h6-7,11-12,14H,2-5,8-10,13,20H2,1H3,(H,21,23). The second-order valence-corrected chi connectivity index (χ2v) is 6.68. The Balaban J connectivity index is 1.83. The van der Waals surface area contributed by atoms with Gasteiger partial charge in [-0.25, -0.2) is 0 Å². The Labute approximate surface area is 138 Å². The molecule has 3 N–H and O–H groups in total. The van der Waals surface area contributed by atoms with E-state index in [1.54, 1.807) is 4.68 Å². The number of carbonyl (C=O) groups excluding carboxylic acids is 1. The number of nitrogens with two attached hydrogens (primary N) is 1. The molecular weight excluding hydrogens is 286 g/mol. The van der Waals surface area contributed by atoms with E-state index in [2.05, 4.69) is 18.3 Å². The van der Waals surface area contributed by atoms with Gasteiger partial charge in [0.15, 0.2) is 0 Å². The van der Waals surface area contributed by atoms with E-state index in [4.69, 9.17) is 5.84 Å². The van der Waals surface area contributed by atoms with Gasteiger partial charge in [0, 0.05) is 11.9 Å². The lowest BCUT2D eigenvalue weighted by atomic mass is 9.89. The van der Waals surface area contributed by atoms with Gasteiger partial charge in [-0.3, -0.25) is 9.47 Å². The van der Waals surface area contributed by atoms with Gasteiger partial charge >= 0.3 is 0 Å². The average Bonchev–Trinajstić information content (AvgIpc) is 2.87. The van der Waals surface area contributed by atoms with Crippen molar-refractivity contribution >= 4 is 16.8 Å². The maximum Gasteiger partial charge on any atom is 0.270 e. The number of hydrogen-bond donors (Lipinski definition) is 2. The number of nitrogens with one attached hydrogen (secondary N) is 1. The summed E-state index contributed by atoms with van der Waals surface area (Å²) in [4.78, 5) is 12.8. The molecule has 2 aromatic rings. The Morgan fingerprint density at radius 2 is 2.00 bits per heavy atom. The van der Waals surface area contributed by atoms with Crippen LogP contribution >= 0.6 is 0 Å². The van der Waals surface area contributed by atoms with E-state index in [9.17, 15) is 4.79 Å². The first-order valence-corrected chi connectivity index (χ1v) is 8.88. The lowest BCUT2D eigenvalue weighted by Crippen LogP contribution is -2.33. The molecule has 0 unspecified atom stereocenters. The van der Waals surface area contributed by atoms with E-state index in [1.807, 2.05) is 18.2 Å². The Kier molecular flexibility index (Phi) is 4.89. The third-order valence-corrected chi connectivity index (χ3v) is 5.01. The molecule has 1 aliphatic carbocycles. The molecule has 0 atom stereocenters. The second kappa shape index (κ2) is 7.07. The first-order valence-electron chi connectivity index (χ1n) is 8.88. The van der Waals surface area contributed by atoms with Crippen LogP contribution in [0.1, 0.15) is 61.5 Å². The molecule has 1 aromatic carbocycles. The van der Waals surface area contributed by atoms with Crippen LogP contribution in [0, 0.1) is 5.92 Å². The van der Waals surface area contributed by atoms with E-state index < -0.39 is 0 Å². The minimum absolute atomic E-state index is 0.0299. The Morgan fingerprint density at radius 3 is 2.74 bits per heavy atom. The van der Waals surface area contributed by atoms with Gasteiger partial charge in [-0.1, -0.05) is 50.8 Å². The third kappa shape index (κ3) is 3.21. The van der Waals surface area contributed by atoms with Crippen LogP contribution in [0.4, 0.5) is 0 Å². The maximum absolute atomic E-state index is 12.8. The maximum atomic E-state index is 12.8. The van der Waals surface area contributed by atoms with Crippen molar-refractivity contribution in [3.8, 4) is 0 Å². The molecular formula is C19H27N3O. The van der Waals surface area contributed by atoms with Crippen molar-refractivity contribution in [2.45, 2.75) is 51.9 Å². The SMILES string of the molecule is CCCc1c(C(=O)NCC2CCCCC2)n(N)c2ccccc12. The fourth-order valence-electron chi connectivity index (χ4n) is 3.79. The molecule has 1 amide bonds. The molecule has 3 rings (SSSR count). The van der Waals surface area contributed by atoms with Crippen LogP contribution in [0.3, 0.4) is 0 Å². The van der Waals surface area contributed by atoms with Crippen molar-refractivity contribution in [3.05, 3.63) is 35.5 Å². The van der Waals surface area contributed by atoms with Gasteiger partial charge in [-0.05, 0) is 36.8 Å². The van der Waals surface area contributed by atoms with Crippen molar-refractivity contribution < 1.29 is 4.79 Å². The quantitative estimate of drug-likeness (QED) is 0.828. The summed E-state index contributed by atoms with van der Waals surface area (Å²) in [5, 5.41) is 4.23. The number of aromatic nitrogens is 1.